The van der Waals surface area contributed by atoms with Gasteiger partial charge in [0.1, 0.15) is 0 Å². The van der Waals surface area contributed by atoms with E-state index in [0.29, 0.717) is 25.9 Å². The summed E-state index contributed by atoms with van der Waals surface area (Å²) < 4.78 is 5.50. The number of allylic oxidation sites excluding steroid dienone is 4. The predicted molar refractivity (Wildman–Crippen MR) is 352 cm³/mol. The molecule has 0 aromatic rings. The molecule has 0 rings (SSSR count). The van der Waals surface area contributed by atoms with Crippen molar-refractivity contribution >= 4 is 11.9 Å². The molecule has 2 unspecified atom stereocenters. The summed E-state index contributed by atoms with van der Waals surface area (Å²) in [6.07, 6.45) is 88.1. The number of carbonyl (C=O) groups excluding carboxylic acids is 2. The minimum absolute atomic E-state index is 0.0125. The van der Waals surface area contributed by atoms with Crippen LogP contribution in [0.1, 0.15) is 412 Å². The molecular weight excluding hydrogens is 983 g/mol. The van der Waals surface area contributed by atoms with Crippen molar-refractivity contribution in [1.82, 2.24) is 5.32 Å². The van der Waals surface area contributed by atoms with Gasteiger partial charge in [0.15, 0.2) is 0 Å². The molecule has 0 saturated heterocycles. The molecule has 474 valence electrons. The van der Waals surface area contributed by atoms with Gasteiger partial charge in [0.05, 0.1) is 25.4 Å². The van der Waals surface area contributed by atoms with Gasteiger partial charge < -0.3 is 20.3 Å². The Morgan fingerprint density at radius 2 is 0.625 bits per heavy atom. The quantitative estimate of drug-likeness (QED) is 0.0320. The van der Waals surface area contributed by atoms with Crippen molar-refractivity contribution in [3.63, 3.8) is 0 Å². The minimum Gasteiger partial charge on any atom is -0.466 e. The Morgan fingerprint density at radius 1 is 0.350 bits per heavy atom. The lowest BCUT2D eigenvalue weighted by Gasteiger charge is -2.22. The normalized spacial score (nSPS) is 12.6. The summed E-state index contributed by atoms with van der Waals surface area (Å²) in [4.78, 5) is 24.6. The van der Waals surface area contributed by atoms with E-state index in [1.54, 1.807) is 0 Å². The summed E-state index contributed by atoms with van der Waals surface area (Å²) in [5.74, 6) is -0.0151. The van der Waals surface area contributed by atoms with Crippen molar-refractivity contribution in [1.29, 1.82) is 0 Å². The minimum atomic E-state index is -0.662. The van der Waals surface area contributed by atoms with E-state index in [2.05, 4.69) is 43.5 Å². The molecule has 0 aliphatic rings. The molecule has 0 saturated carbocycles. The highest BCUT2D eigenvalue weighted by Gasteiger charge is 2.20. The Hall–Kier alpha value is -1.66. The van der Waals surface area contributed by atoms with Crippen molar-refractivity contribution in [2.75, 3.05) is 13.2 Å². The van der Waals surface area contributed by atoms with Crippen LogP contribution in [0.15, 0.2) is 24.3 Å². The van der Waals surface area contributed by atoms with Crippen LogP contribution in [-0.2, 0) is 14.3 Å². The maximum atomic E-state index is 12.5. The number of nitrogens with one attached hydrogen (secondary N) is 1. The number of ether oxygens (including phenoxy) is 1. The zero-order valence-electron chi connectivity index (χ0n) is 54.3. The van der Waals surface area contributed by atoms with Crippen LogP contribution < -0.4 is 5.32 Å². The van der Waals surface area contributed by atoms with E-state index in [1.807, 2.05) is 0 Å². The number of esters is 1. The van der Waals surface area contributed by atoms with E-state index in [4.69, 9.17) is 4.74 Å². The van der Waals surface area contributed by atoms with E-state index in [0.717, 1.165) is 51.4 Å². The molecule has 0 heterocycles. The fraction of sp³-hybridized carbons (Fsp3) is 0.919. The summed E-state index contributed by atoms with van der Waals surface area (Å²) in [6.45, 7) is 4.97. The van der Waals surface area contributed by atoms with E-state index in [1.165, 1.54) is 327 Å². The van der Waals surface area contributed by atoms with Gasteiger partial charge in [-0.3, -0.25) is 9.59 Å². The van der Waals surface area contributed by atoms with Crippen LogP contribution in [0, 0.1) is 0 Å². The first-order valence-corrected chi connectivity index (χ1v) is 36.6. The van der Waals surface area contributed by atoms with Gasteiger partial charge >= 0.3 is 5.97 Å². The van der Waals surface area contributed by atoms with Crippen molar-refractivity contribution in [2.24, 2.45) is 0 Å². The van der Waals surface area contributed by atoms with Gasteiger partial charge in [-0.1, -0.05) is 366 Å². The maximum absolute atomic E-state index is 12.5. The van der Waals surface area contributed by atoms with Gasteiger partial charge in [-0.2, -0.15) is 0 Å². The lowest BCUT2D eigenvalue weighted by Crippen LogP contribution is -2.45. The summed E-state index contributed by atoms with van der Waals surface area (Å²) in [7, 11) is 0. The number of unbranched alkanes of at least 4 members (excludes halogenated alkanes) is 54. The van der Waals surface area contributed by atoms with Crippen LogP contribution in [0.2, 0.25) is 0 Å². The maximum Gasteiger partial charge on any atom is 0.305 e. The summed E-state index contributed by atoms with van der Waals surface area (Å²) in [6, 6.07) is -0.539. The topological polar surface area (TPSA) is 95.9 Å². The van der Waals surface area contributed by atoms with Crippen LogP contribution in [-0.4, -0.2) is 47.4 Å². The molecule has 0 radical (unpaired) electrons. The molecule has 2 atom stereocenters. The number of carbonyl (C=O) groups is 2. The smallest absolute Gasteiger partial charge is 0.305 e. The molecule has 0 aliphatic heterocycles. The van der Waals surface area contributed by atoms with Crippen LogP contribution in [0.3, 0.4) is 0 Å². The molecule has 3 N–H and O–H groups in total. The van der Waals surface area contributed by atoms with Crippen molar-refractivity contribution in [2.45, 2.75) is 424 Å². The number of hydrogen-bond donors (Lipinski definition) is 3. The molecule has 0 spiro atoms. The highest BCUT2D eigenvalue weighted by molar-refractivity contribution is 5.76. The van der Waals surface area contributed by atoms with Crippen LogP contribution >= 0.6 is 0 Å². The fourth-order valence-electron chi connectivity index (χ4n) is 11.7. The van der Waals surface area contributed by atoms with E-state index in [-0.39, 0.29) is 18.5 Å². The zero-order chi connectivity index (χ0) is 57.8. The Balaban J connectivity index is 3.33. The van der Waals surface area contributed by atoms with E-state index in [9.17, 15) is 19.8 Å². The van der Waals surface area contributed by atoms with Crippen LogP contribution in [0.25, 0.3) is 0 Å². The highest BCUT2D eigenvalue weighted by atomic mass is 16.5. The fourth-order valence-corrected chi connectivity index (χ4v) is 11.7. The summed E-state index contributed by atoms with van der Waals surface area (Å²) >= 11 is 0. The van der Waals surface area contributed by atoms with Crippen LogP contribution in [0.5, 0.6) is 0 Å². The number of amides is 1. The van der Waals surface area contributed by atoms with Gasteiger partial charge in [0.2, 0.25) is 5.91 Å². The molecule has 0 fully saturated rings. The molecule has 6 heteroatoms. The zero-order valence-corrected chi connectivity index (χ0v) is 54.3. The Bertz CT molecular complexity index is 1250. The van der Waals surface area contributed by atoms with Crippen molar-refractivity contribution in [3.05, 3.63) is 24.3 Å². The molecule has 80 heavy (non-hydrogen) atoms. The standard InChI is InChI=1S/C74H143NO5/c1-3-5-7-9-11-13-15-17-19-34-38-42-46-50-54-58-62-66-72(77)71(70-76)75-73(78)67-63-59-55-51-47-43-39-36-32-30-28-26-24-22-21-23-25-27-29-31-33-37-41-45-49-53-57-61-65-69-80-74(79)68-64-60-56-52-48-44-40-35-20-18-16-14-12-10-8-6-4-2/h12,14,18,20,71-72,76-77H,3-11,13,15-17,19,21-70H2,1-2H3,(H,75,78)/b14-12-,20-18-. The number of rotatable bonds is 69. The van der Waals surface area contributed by atoms with Gasteiger partial charge in [0, 0.05) is 12.8 Å². The largest absolute Gasteiger partial charge is 0.466 e. The number of aliphatic hydroxyl groups is 2. The van der Waals surface area contributed by atoms with E-state index < -0.39 is 12.1 Å². The highest BCUT2D eigenvalue weighted by Crippen LogP contribution is 2.19. The first-order valence-electron chi connectivity index (χ1n) is 36.6. The first kappa shape index (κ1) is 78.3. The van der Waals surface area contributed by atoms with Crippen molar-refractivity contribution < 1.29 is 24.5 Å². The Morgan fingerprint density at radius 3 is 0.975 bits per heavy atom. The molecule has 0 aliphatic carbocycles. The third-order valence-corrected chi connectivity index (χ3v) is 17.3. The molecule has 6 nitrogen and oxygen atoms in total. The average Bonchev–Trinajstić information content (AvgIpc) is 3.46. The molecule has 0 bridgehead atoms. The van der Waals surface area contributed by atoms with Gasteiger partial charge in [-0.05, 0) is 57.8 Å². The molecular formula is C74H143NO5. The lowest BCUT2D eigenvalue weighted by molar-refractivity contribution is -0.143. The molecule has 1 amide bonds. The Kier molecular flexibility index (Phi) is 68.4. The average molecular weight is 1130 g/mol. The second-order valence-electron chi connectivity index (χ2n) is 25.3. The second kappa shape index (κ2) is 69.8. The Labute approximate surface area is 501 Å². The monoisotopic (exact) mass is 1130 g/mol. The predicted octanol–water partition coefficient (Wildman–Crippen LogP) is 23.7. The lowest BCUT2D eigenvalue weighted by atomic mass is 10.0. The van der Waals surface area contributed by atoms with Gasteiger partial charge in [-0.15, -0.1) is 0 Å². The van der Waals surface area contributed by atoms with Crippen LogP contribution in [0.4, 0.5) is 0 Å². The number of aliphatic hydroxyl groups excluding tert-OH is 2. The number of hydrogen-bond acceptors (Lipinski definition) is 5. The third-order valence-electron chi connectivity index (χ3n) is 17.3. The van der Waals surface area contributed by atoms with E-state index >= 15 is 0 Å². The third kappa shape index (κ3) is 65.5. The van der Waals surface area contributed by atoms with Gasteiger partial charge in [0.25, 0.3) is 0 Å². The first-order chi connectivity index (χ1) is 39.5. The summed E-state index contributed by atoms with van der Waals surface area (Å²) in [5.41, 5.74) is 0. The summed E-state index contributed by atoms with van der Waals surface area (Å²) in [5, 5.41) is 23.4. The second-order valence-corrected chi connectivity index (χ2v) is 25.3. The molecule has 0 aromatic heterocycles. The molecule has 0 aromatic carbocycles. The SMILES string of the molecule is CCCCC/C=C\C/C=C\CCCCCCCCCC(=O)OCCCCCCCCCCCCCCCCCCCCCCCCCCCCCCCC(=O)NC(CO)C(O)CCCCCCCCCCCCCCCCCCC. The van der Waals surface area contributed by atoms with Crippen molar-refractivity contribution in [3.8, 4) is 0 Å². The van der Waals surface area contributed by atoms with Gasteiger partial charge in [-0.25, -0.2) is 0 Å².